The zero-order valence-electron chi connectivity index (χ0n) is 9.41. The van der Waals surface area contributed by atoms with Crippen LogP contribution in [0.1, 0.15) is 25.7 Å². The number of rotatable bonds is 10. The molecule has 92 valence electrons. The fourth-order valence-electron chi connectivity index (χ4n) is 1.08. The molecule has 0 aliphatic heterocycles. The Kier molecular flexibility index (Phi) is 9.91. The number of carbonyl (C=O) groups excluding carboxylic acids is 1. The van der Waals surface area contributed by atoms with Crippen molar-refractivity contribution in [1.82, 2.24) is 5.32 Å². The first kappa shape index (κ1) is 15.0. The second-order valence-corrected chi connectivity index (χ2v) is 4.46. The number of hydrogen-bond donors (Lipinski definition) is 2. The van der Waals surface area contributed by atoms with E-state index in [1.165, 1.54) is 0 Å². The smallest absolute Gasteiger partial charge is 0.303 e. The van der Waals surface area contributed by atoms with Crippen molar-refractivity contribution in [1.29, 1.82) is 0 Å². The molecule has 0 heterocycles. The van der Waals surface area contributed by atoms with Crippen molar-refractivity contribution in [3.63, 3.8) is 0 Å². The lowest BCUT2D eigenvalue weighted by molar-refractivity contribution is -0.137. The number of nitrogens with one attached hydrogen (secondary N) is 1. The molecule has 0 aromatic heterocycles. The van der Waals surface area contributed by atoms with Crippen LogP contribution >= 0.6 is 11.8 Å². The fraction of sp³-hybridized carbons (Fsp3) is 0.636. The van der Waals surface area contributed by atoms with Crippen molar-refractivity contribution >= 4 is 23.6 Å². The Bertz CT molecular complexity index is 231. The lowest BCUT2D eigenvalue weighted by Crippen LogP contribution is -2.25. The monoisotopic (exact) mass is 245 g/mol. The Hall–Kier alpha value is -0.970. The summed E-state index contributed by atoms with van der Waals surface area (Å²) in [5, 5.41) is 11.2. The zero-order valence-corrected chi connectivity index (χ0v) is 10.2. The molecule has 2 N–H and O–H groups in total. The van der Waals surface area contributed by atoms with Crippen molar-refractivity contribution in [2.45, 2.75) is 25.7 Å². The van der Waals surface area contributed by atoms with E-state index in [0.29, 0.717) is 25.8 Å². The highest BCUT2D eigenvalue weighted by molar-refractivity contribution is 7.99. The van der Waals surface area contributed by atoms with E-state index in [4.69, 9.17) is 5.11 Å². The first-order valence-corrected chi connectivity index (χ1v) is 6.49. The summed E-state index contributed by atoms with van der Waals surface area (Å²) in [6, 6.07) is 0. The minimum absolute atomic E-state index is 0.00425. The van der Waals surface area contributed by atoms with E-state index in [9.17, 15) is 9.59 Å². The van der Waals surface area contributed by atoms with Crippen LogP contribution in [0.2, 0.25) is 0 Å². The number of aliphatic carboxylic acids is 1. The minimum atomic E-state index is -0.804. The van der Waals surface area contributed by atoms with Crippen molar-refractivity contribution < 1.29 is 14.7 Å². The third-order valence-electron chi connectivity index (χ3n) is 1.85. The first-order chi connectivity index (χ1) is 7.66. The Morgan fingerprint density at radius 2 is 2.00 bits per heavy atom. The summed E-state index contributed by atoms with van der Waals surface area (Å²) in [6.07, 6.45) is 3.59. The minimum Gasteiger partial charge on any atom is -0.481 e. The molecule has 0 fully saturated rings. The van der Waals surface area contributed by atoms with Crippen LogP contribution in [0.5, 0.6) is 0 Å². The van der Waals surface area contributed by atoms with Gasteiger partial charge in [-0.2, -0.15) is 11.8 Å². The standard InChI is InChI=1S/C11H19NO3S/c1-2-8-16-9-7-12-10(13)5-3-4-6-11(14)15/h2H,1,3-9H2,(H,12,13)(H,14,15). The number of amides is 1. The molecule has 5 heteroatoms. The van der Waals surface area contributed by atoms with Gasteiger partial charge in [0.1, 0.15) is 0 Å². The van der Waals surface area contributed by atoms with Gasteiger partial charge in [-0.15, -0.1) is 6.58 Å². The van der Waals surface area contributed by atoms with Crippen LogP contribution in [-0.2, 0) is 9.59 Å². The van der Waals surface area contributed by atoms with E-state index in [1.54, 1.807) is 11.8 Å². The summed E-state index contributed by atoms with van der Waals surface area (Å²) in [5.74, 6) is 0.979. The van der Waals surface area contributed by atoms with Crippen molar-refractivity contribution in [2.24, 2.45) is 0 Å². The quantitative estimate of drug-likeness (QED) is 0.454. The van der Waals surface area contributed by atoms with Crippen LogP contribution in [0.4, 0.5) is 0 Å². The zero-order chi connectivity index (χ0) is 12.2. The predicted molar refractivity (Wildman–Crippen MR) is 66.6 cm³/mol. The molecule has 0 aliphatic rings. The summed E-state index contributed by atoms with van der Waals surface area (Å²) < 4.78 is 0. The topological polar surface area (TPSA) is 66.4 Å². The average Bonchev–Trinajstić information content (AvgIpc) is 2.24. The lowest BCUT2D eigenvalue weighted by Gasteiger charge is -2.03. The molecular weight excluding hydrogens is 226 g/mol. The molecule has 4 nitrogen and oxygen atoms in total. The molecule has 0 aromatic carbocycles. The van der Waals surface area contributed by atoms with E-state index < -0.39 is 5.97 Å². The van der Waals surface area contributed by atoms with Gasteiger partial charge in [0, 0.05) is 30.9 Å². The van der Waals surface area contributed by atoms with Crippen LogP contribution in [0.3, 0.4) is 0 Å². The lowest BCUT2D eigenvalue weighted by atomic mass is 10.2. The van der Waals surface area contributed by atoms with Crippen LogP contribution in [0.15, 0.2) is 12.7 Å². The maximum absolute atomic E-state index is 11.2. The molecule has 0 unspecified atom stereocenters. The number of unbranched alkanes of at least 4 members (excludes halogenated alkanes) is 1. The van der Waals surface area contributed by atoms with Crippen molar-refractivity contribution in [2.75, 3.05) is 18.1 Å². The molecule has 0 saturated carbocycles. The van der Waals surface area contributed by atoms with Crippen LogP contribution in [-0.4, -0.2) is 35.0 Å². The molecule has 16 heavy (non-hydrogen) atoms. The highest BCUT2D eigenvalue weighted by Gasteiger charge is 2.01. The molecule has 0 radical (unpaired) electrons. The van der Waals surface area contributed by atoms with Crippen LogP contribution < -0.4 is 5.32 Å². The van der Waals surface area contributed by atoms with Gasteiger partial charge in [-0.1, -0.05) is 6.08 Å². The van der Waals surface area contributed by atoms with Gasteiger partial charge in [-0.3, -0.25) is 9.59 Å². The Morgan fingerprint density at radius 1 is 1.31 bits per heavy atom. The number of hydrogen-bond acceptors (Lipinski definition) is 3. The Morgan fingerprint density at radius 3 is 2.62 bits per heavy atom. The van der Waals surface area contributed by atoms with E-state index >= 15 is 0 Å². The number of carbonyl (C=O) groups is 2. The van der Waals surface area contributed by atoms with E-state index in [2.05, 4.69) is 11.9 Å². The summed E-state index contributed by atoms with van der Waals surface area (Å²) in [4.78, 5) is 21.4. The Labute approximate surface area is 100 Å². The molecule has 0 saturated heterocycles. The molecular formula is C11H19NO3S. The van der Waals surface area contributed by atoms with Gasteiger partial charge in [0.05, 0.1) is 0 Å². The fourth-order valence-corrected chi connectivity index (χ4v) is 1.66. The van der Waals surface area contributed by atoms with Crippen molar-refractivity contribution in [3.8, 4) is 0 Å². The maximum Gasteiger partial charge on any atom is 0.303 e. The second kappa shape index (κ2) is 10.5. The van der Waals surface area contributed by atoms with Gasteiger partial charge in [-0.25, -0.2) is 0 Å². The molecule has 0 bridgehead atoms. The molecule has 0 rings (SSSR count). The number of carboxylic acid groups (broad SMARTS) is 1. The third-order valence-corrected chi connectivity index (χ3v) is 2.81. The first-order valence-electron chi connectivity index (χ1n) is 5.34. The second-order valence-electron chi connectivity index (χ2n) is 3.31. The van der Waals surface area contributed by atoms with Gasteiger partial charge in [-0.05, 0) is 12.8 Å². The maximum atomic E-state index is 11.2. The van der Waals surface area contributed by atoms with Gasteiger partial charge in [0.25, 0.3) is 0 Å². The van der Waals surface area contributed by atoms with Gasteiger partial charge < -0.3 is 10.4 Å². The highest BCUT2D eigenvalue weighted by Crippen LogP contribution is 2.00. The molecule has 0 atom stereocenters. The van der Waals surface area contributed by atoms with E-state index in [-0.39, 0.29) is 12.3 Å². The number of carboxylic acids is 1. The summed E-state index contributed by atoms with van der Waals surface area (Å²) in [5.41, 5.74) is 0. The molecule has 0 aliphatic carbocycles. The van der Waals surface area contributed by atoms with Gasteiger partial charge >= 0.3 is 5.97 Å². The highest BCUT2D eigenvalue weighted by atomic mass is 32.2. The van der Waals surface area contributed by atoms with Crippen molar-refractivity contribution in [3.05, 3.63) is 12.7 Å². The largest absolute Gasteiger partial charge is 0.481 e. The van der Waals surface area contributed by atoms with Crippen LogP contribution in [0.25, 0.3) is 0 Å². The third kappa shape index (κ3) is 11.1. The number of thioether (sulfide) groups is 1. The van der Waals surface area contributed by atoms with Crippen LogP contribution in [0, 0.1) is 0 Å². The average molecular weight is 245 g/mol. The molecule has 0 spiro atoms. The summed E-state index contributed by atoms with van der Waals surface area (Å²) >= 11 is 1.72. The van der Waals surface area contributed by atoms with E-state index in [1.807, 2.05) is 6.08 Å². The SMILES string of the molecule is C=CCSCCNC(=O)CCCCC(=O)O. The normalized spacial score (nSPS) is 9.75. The summed E-state index contributed by atoms with van der Waals surface area (Å²) in [6.45, 7) is 4.26. The molecule has 0 aromatic rings. The van der Waals surface area contributed by atoms with Gasteiger partial charge in [0.2, 0.25) is 5.91 Å². The van der Waals surface area contributed by atoms with Gasteiger partial charge in [0.15, 0.2) is 0 Å². The molecule has 1 amide bonds. The Balaban J connectivity index is 3.24. The predicted octanol–water partition coefficient (Wildman–Crippen LogP) is 1.67. The van der Waals surface area contributed by atoms with E-state index in [0.717, 1.165) is 11.5 Å². The summed E-state index contributed by atoms with van der Waals surface area (Å²) in [7, 11) is 0.